The number of amides is 5. The Morgan fingerprint density at radius 2 is 1.51 bits per heavy atom. The minimum absolute atomic E-state index is 0.0522. The molecule has 1 unspecified atom stereocenters. The zero-order valence-electron chi connectivity index (χ0n) is 25.2. The lowest BCUT2D eigenvalue weighted by atomic mass is 9.83. The van der Waals surface area contributed by atoms with Gasteiger partial charge in [0.2, 0.25) is 17.7 Å². The zero-order valence-corrected chi connectivity index (χ0v) is 26.0. The molecular formula is C30H38N4O10S. The second-order valence-corrected chi connectivity index (χ2v) is 12.7. The van der Waals surface area contributed by atoms with E-state index < -0.39 is 69.8 Å². The highest BCUT2D eigenvalue weighted by molar-refractivity contribution is 7.85. The molecule has 0 aromatic heterocycles. The van der Waals surface area contributed by atoms with Crippen LogP contribution in [0.5, 0.6) is 5.75 Å². The smallest absolute Gasteiger partial charge is 0.264 e. The van der Waals surface area contributed by atoms with Crippen molar-refractivity contribution in [2.75, 3.05) is 26.0 Å². The molecule has 1 aliphatic rings. The fourth-order valence-corrected chi connectivity index (χ4v) is 5.57. The Morgan fingerprint density at radius 3 is 2.02 bits per heavy atom. The predicted octanol–water partition coefficient (Wildman–Crippen LogP) is 1.20. The Kier molecular flexibility index (Phi) is 12.2. The van der Waals surface area contributed by atoms with E-state index in [1.807, 2.05) is 13.8 Å². The lowest BCUT2D eigenvalue weighted by Crippen LogP contribution is -2.53. The Labute approximate surface area is 261 Å². The van der Waals surface area contributed by atoms with Gasteiger partial charge in [0.1, 0.15) is 11.8 Å². The molecule has 0 spiro atoms. The molecule has 0 bridgehead atoms. The average molecular weight is 647 g/mol. The van der Waals surface area contributed by atoms with Crippen molar-refractivity contribution >= 4 is 39.7 Å². The first-order chi connectivity index (χ1) is 21.2. The summed E-state index contributed by atoms with van der Waals surface area (Å²) in [5, 5.41) is 14.8. The van der Waals surface area contributed by atoms with E-state index in [4.69, 9.17) is 9.29 Å². The molecule has 0 radical (unpaired) electrons. The lowest BCUT2D eigenvalue weighted by Gasteiger charge is -2.30. The van der Waals surface area contributed by atoms with E-state index in [1.165, 1.54) is 19.2 Å². The summed E-state index contributed by atoms with van der Waals surface area (Å²) in [6.07, 6.45) is 0.278. The van der Waals surface area contributed by atoms with E-state index in [0.29, 0.717) is 11.3 Å². The number of carbonyl (C=O) groups excluding carboxylic acids is 5. The molecule has 1 aliphatic heterocycles. The number of hydrogen-bond acceptors (Lipinski definition) is 9. The molecule has 0 saturated heterocycles. The van der Waals surface area contributed by atoms with Gasteiger partial charge < -0.3 is 15.4 Å². The third kappa shape index (κ3) is 9.57. The van der Waals surface area contributed by atoms with Gasteiger partial charge in [0.05, 0.1) is 35.3 Å². The average Bonchev–Trinajstić information content (AvgIpc) is 3.24. The van der Waals surface area contributed by atoms with Crippen LogP contribution in [0.3, 0.4) is 0 Å². The lowest BCUT2D eigenvalue weighted by molar-refractivity contribution is -0.142. The van der Waals surface area contributed by atoms with E-state index in [-0.39, 0.29) is 42.9 Å². The van der Waals surface area contributed by atoms with Crippen LogP contribution in [0, 0.1) is 17.8 Å². The van der Waals surface area contributed by atoms with E-state index in [2.05, 4.69) is 10.6 Å². The van der Waals surface area contributed by atoms with Gasteiger partial charge in [-0.05, 0) is 48.6 Å². The van der Waals surface area contributed by atoms with Crippen LogP contribution in [-0.4, -0.2) is 84.6 Å². The van der Waals surface area contributed by atoms with Crippen LogP contribution in [0.1, 0.15) is 53.0 Å². The summed E-state index contributed by atoms with van der Waals surface area (Å²) in [6.45, 7) is 3.22. The molecule has 0 saturated carbocycles. The third-order valence-electron chi connectivity index (χ3n) is 7.31. The number of likely N-dealkylation sites (N-methyl/N-ethyl adjacent to an activating group) is 1. The molecule has 5 amide bonds. The zero-order chi connectivity index (χ0) is 33.3. The fraction of sp³-hybridized carbons (Fsp3) is 0.433. The fourth-order valence-electron chi connectivity index (χ4n) is 5.09. The molecule has 244 valence electrons. The van der Waals surface area contributed by atoms with Crippen LogP contribution in [0.4, 0.5) is 0 Å². The summed E-state index contributed by atoms with van der Waals surface area (Å²) in [5.41, 5.74) is 2.54. The van der Waals surface area contributed by atoms with Crippen molar-refractivity contribution in [3.63, 3.8) is 0 Å². The molecule has 14 nitrogen and oxygen atoms in total. The second-order valence-electron chi connectivity index (χ2n) is 11.1. The van der Waals surface area contributed by atoms with Crippen LogP contribution in [-0.2, 0) is 30.9 Å². The van der Waals surface area contributed by atoms with Gasteiger partial charge in [-0.1, -0.05) is 38.1 Å². The van der Waals surface area contributed by atoms with Crippen LogP contribution < -0.4 is 20.9 Å². The van der Waals surface area contributed by atoms with Crippen molar-refractivity contribution < 1.29 is 46.9 Å². The number of hydroxylamine groups is 1. The van der Waals surface area contributed by atoms with Crippen molar-refractivity contribution in [1.29, 1.82) is 0 Å². The number of fused-ring (bicyclic) bond motifs is 1. The summed E-state index contributed by atoms with van der Waals surface area (Å²) >= 11 is 0. The third-order valence-corrected chi connectivity index (χ3v) is 8.11. The summed E-state index contributed by atoms with van der Waals surface area (Å²) in [5.74, 6) is -5.99. The highest BCUT2D eigenvalue weighted by atomic mass is 32.2. The number of rotatable bonds is 16. The van der Waals surface area contributed by atoms with Crippen molar-refractivity contribution in [1.82, 2.24) is 21.0 Å². The highest BCUT2D eigenvalue weighted by Gasteiger charge is 2.42. The summed E-state index contributed by atoms with van der Waals surface area (Å²) in [4.78, 5) is 66.5. The van der Waals surface area contributed by atoms with Gasteiger partial charge in [-0.3, -0.25) is 38.6 Å². The first-order valence-electron chi connectivity index (χ1n) is 14.3. The largest absolute Gasteiger partial charge is 0.494 e. The first-order valence-corrected chi connectivity index (χ1v) is 15.9. The van der Waals surface area contributed by atoms with E-state index in [9.17, 15) is 37.6 Å². The Hall–Kier alpha value is -4.34. The molecule has 3 atom stereocenters. The number of hydrogen-bond donors (Lipinski definition) is 5. The maximum absolute atomic E-state index is 13.8. The summed E-state index contributed by atoms with van der Waals surface area (Å²) in [6, 6.07) is 11.7. The van der Waals surface area contributed by atoms with Gasteiger partial charge in [0, 0.05) is 20.0 Å². The van der Waals surface area contributed by atoms with Crippen LogP contribution >= 0.6 is 0 Å². The van der Waals surface area contributed by atoms with Crippen molar-refractivity contribution in [3.05, 3.63) is 65.2 Å². The Balaban J connectivity index is 1.78. The van der Waals surface area contributed by atoms with Crippen LogP contribution in [0.15, 0.2) is 48.5 Å². The maximum Gasteiger partial charge on any atom is 0.264 e. The minimum atomic E-state index is -4.09. The van der Waals surface area contributed by atoms with Gasteiger partial charge >= 0.3 is 0 Å². The number of nitrogens with one attached hydrogen (secondary N) is 3. The van der Waals surface area contributed by atoms with Crippen molar-refractivity contribution in [3.8, 4) is 5.75 Å². The Bertz CT molecular complexity index is 1480. The Morgan fingerprint density at radius 1 is 0.911 bits per heavy atom. The molecule has 1 heterocycles. The van der Waals surface area contributed by atoms with Gasteiger partial charge in [0.15, 0.2) is 0 Å². The van der Waals surface area contributed by atoms with Crippen molar-refractivity contribution in [2.24, 2.45) is 17.8 Å². The standard InChI is InChI=1S/C30H38N4O10S/c1-18(2)15-23(24(27(36)33-40)17-34-29(38)21-7-4-5-8-22(21)30(34)39)26(35)32-25(28(37)31-3)16-19-9-11-20(12-10-19)44-13-6-14-45(41,42)43/h4-5,7-12,18,23-25,40H,6,13-17H2,1-3H3,(H,31,37)(H,32,35)(H,33,36)(H,41,42,43)/t23-,24?,25-/m1/s1. The predicted molar refractivity (Wildman–Crippen MR) is 161 cm³/mol. The highest BCUT2D eigenvalue weighted by Crippen LogP contribution is 2.28. The normalized spacial score (nSPS) is 14.8. The molecule has 15 heteroatoms. The molecular weight excluding hydrogens is 608 g/mol. The molecule has 0 fully saturated rings. The van der Waals surface area contributed by atoms with E-state index in [1.54, 1.807) is 41.9 Å². The monoisotopic (exact) mass is 646 g/mol. The minimum Gasteiger partial charge on any atom is -0.494 e. The molecule has 45 heavy (non-hydrogen) atoms. The SMILES string of the molecule is CNC(=O)[C@@H](Cc1ccc(OCCCS(=O)(=O)O)cc1)NC(=O)[C@H](CC(C)C)C(CN1C(=O)c2ccccc2C1=O)C(=O)NO. The summed E-state index contributed by atoms with van der Waals surface area (Å²) in [7, 11) is -2.68. The molecule has 5 N–H and O–H groups in total. The molecule has 0 aliphatic carbocycles. The number of carbonyl (C=O) groups is 5. The number of nitrogens with zero attached hydrogens (tertiary/aromatic N) is 1. The van der Waals surface area contributed by atoms with Gasteiger partial charge in [-0.25, -0.2) is 5.48 Å². The van der Waals surface area contributed by atoms with Gasteiger partial charge in [-0.2, -0.15) is 8.42 Å². The molecule has 3 rings (SSSR count). The number of ether oxygens (including phenoxy) is 1. The van der Waals surface area contributed by atoms with Crippen LogP contribution in [0.25, 0.3) is 0 Å². The maximum atomic E-state index is 13.8. The first kappa shape index (κ1) is 35.1. The topological polar surface area (TPSA) is 209 Å². The number of imide groups is 1. The molecule has 2 aromatic carbocycles. The summed E-state index contributed by atoms with van der Waals surface area (Å²) < 4.78 is 36.0. The van der Waals surface area contributed by atoms with E-state index in [0.717, 1.165) is 4.90 Å². The quantitative estimate of drug-likeness (QED) is 0.0579. The van der Waals surface area contributed by atoms with Gasteiger partial charge in [-0.15, -0.1) is 0 Å². The van der Waals surface area contributed by atoms with Gasteiger partial charge in [0.25, 0.3) is 21.9 Å². The van der Waals surface area contributed by atoms with Crippen LogP contribution in [0.2, 0.25) is 0 Å². The number of benzene rings is 2. The van der Waals surface area contributed by atoms with E-state index >= 15 is 0 Å². The second kappa shape index (κ2) is 15.6. The van der Waals surface area contributed by atoms with Crippen molar-refractivity contribution in [2.45, 2.75) is 39.2 Å². The molecule has 2 aromatic rings.